The maximum absolute atomic E-state index is 12.9. The van der Waals surface area contributed by atoms with E-state index in [0.29, 0.717) is 34.6 Å². The van der Waals surface area contributed by atoms with Crippen LogP contribution >= 0.6 is 0 Å². The molecule has 0 aliphatic heterocycles. The number of pyridine rings is 1. The molecule has 11 nitrogen and oxygen atoms in total. The minimum Gasteiger partial charge on any atom is -0.493 e. The average Bonchev–Trinajstić information content (AvgIpc) is 3.40. The van der Waals surface area contributed by atoms with Gasteiger partial charge in [0.05, 0.1) is 29.9 Å². The van der Waals surface area contributed by atoms with E-state index < -0.39 is 48.9 Å². The average molecular weight is 659 g/mol. The number of nitrogens with one attached hydrogen (secondary N) is 1. The molecule has 248 valence electrons. The Balaban J connectivity index is 1.92. The maximum atomic E-state index is 12.9. The number of ether oxygens (including phenoxy) is 3. The van der Waals surface area contributed by atoms with Gasteiger partial charge in [0, 0.05) is 35.7 Å². The fourth-order valence-electron chi connectivity index (χ4n) is 4.78. The monoisotopic (exact) mass is 658 g/mol. The van der Waals surface area contributed by atoms with Crippen LogP contribution in [-0.2, 0) is 18.3 Å². The van der Waals surface area contributed by atoms with Gasteiger partial charge in [0.25, 0.3) is 0 Å². The Kier molecular flexibility index (Phi) is 12.7. The first kappa shape index (κ1) is 36.2. The number of benzene rings is 1. The van der Waals surface area contributed by atoms with Crippen LogP contribution in [0.4, 0.5) is 4.79 Å². The van der Waals surface area contributed by atoms with Crippen molar-refractivity contribution in [2.45, 2.75) is 86.4 Å². The van der Waals surface area contributed by atoms with Crippen molar-refractivity contribution in [1.29, 1.82) is 0 Å². The lowest BCUT2D eigenvalue weighted by molar-refractivity contribution is -0.110. The molecule has 1 unspecified atom stereocenters. The van der Waals surface area contributed by atoms with Gasteiger partial charge in [-0.25, -0.2) is 14.6 Å². The molecule has 0 bridgehead atoms. The zero-order valence-electron chi connectivity index (χ0n) is 28.4. The number of carbonyl (C=O) groups is 2. The fraction of sp³-hybridized carbons (Fsp3) is 0.562. The van der Waals surface area contributed by atoms with Crippen molar-refractivity contribution in [3.05, 3.63) is 42.1 Å². The van der Waals surface area contributed by atoms with Gasteiger partial charge in [0.2, 0.25) is 0 Å². The van der Waals surface area contributed by atoms with Crippen LogP contribution < -0.4 is 10.1 Å². The van der Waals surface area contributed by atoms with Gasteiger partial charge in [0.15, 0.2) is 25.2 Å². The highest BCUT2D eigenvalue weighted by Gasteiger charge is 2.39. The van der Waals surface area contributed by atoms with E-state index in [2.05, 4.69) is 37.4 Å². The molecule has 3 rings (SSSR count). The molecule has 0 spiro atoms. The second kappa shape index (κ2) is 15.8. The van der Waals surface area contributed by atoms with E-state index in [1.807, 2.05) is 65.1 Å². The highest BCUT2D eigenvalue weighted by atomic mass is 28.2. The molecule has 2 heterocycles. The van der Waals surface area contributed by atoms with Crippen LogP contribution in [0.1, 0.15) is 71.8 Å². The van der Waals surface area contributed by atoms with Gasteiger partial charge >= 0.3 is 12.1 Å². The highest BCUT2D eigenvalue weighted by Crippen LogP contribution is 2.35. The third-order valence-electron chi connectivity index (χ3n) is 7.30. The van der Waals surface area contributed by atoms with Crippen LogP contribution in [0.2, 0.25) is 13.1 Å². The van der Waals surface area contributed by atoms with Crippen LogP contribution in [0.25, 0.3) is 22.3 Å². The lowest BCUT2D eigenvalue weighted by Crippen LogP contribution is -2.48. The first-order valence-electron chi connectivity index (χ1n) is 15.7. The van der Waals surface area contributed by atoms with E-state index in [1.165, 1.54) is 0 Å². The number of esters is 1. The summed E-state index contributed by atoms with van der Waals surface area (Å²) >= 11 is 0. The number of hydrogen-bond donors (Lipinski definition) is 1. The van der Waals surface area contributed by atoms with Crippen LogP contribution in [0.3, 0.4) is 0 Å². The predicted octanol–water partition coefficient (Wildman–Crippen LogP) is 5.02. The molecule has 0 aliphatic carbocycles. The van der Waals surface area contributed by atoms with E-state index in [4.69, 9.17) is 28.0 Å². The first-order valence-corrected chi connectivity index (χ1v) is 19.7. The summed E-state index contributed by atoms with van der Waals surface area (Å²) < 4.78 is 31.3. The number of nitrogens with zero attached hydrogens (tertiary/aromatic N) is 3. The number of rotatable bonds is 15. The van der Waals surface area contributed by atoms with Gasteiger partial charge < -0.3 is 28.4 Å². The SMILES string of the molecule is CCOC(=O)c1cc(-c2cccc(OCC(CNC(=O)OC(C)(C)C)C(C)(C)C(O[SiH2]C)O[SiH2]C)c2)nc2nn(C(C)C)cc12. The number of carbonyl (C=O) groups excluding carboxylic acids is 2. The standard InChI is InChI=1S/C32H50N4O7Si2/c1-11-39-28(37)24-16-26(34-27-25(24)18-36(35-27)20(2)3)21-13-12-14-23(15-21)40-19-22(17-33-30(38)41-31(4,5)6)32(7,8)29(42-44-9)43-45-10/h12-16,18,20,22,29H,11,17,19,44-45H2,1-10H3,(H,33,38). The molecule has 0 saturated carbocycles. The largest absolute Gasteiger partial charge is 0.493 e. The minimum absolute atomic E-state index is 0.103. The van der Waals surface area contributed by atoms with Crippen molar-refractivity contribution in [2.75, 3.05) is 19.8 Å². The number of alkyl carbamates (subject to hydrolysis) is 1. The number of amides is 1. The minimum atomic E-state index is -0.751. The Morgan fingerprint density at radius 3 is 2.33 bits per heavy atom. The third kappa shape index (κ3) is 9.86. The van der Waals surface area contributed by atoms with Crippen molar-refractivity contribution in [2.24, 2.45) is 11.3 Å². The van der Waals surface area contributed by atoms with E-state index >= 15 is 0 Å². The Bertz CT molecular complexity index is 1430. The van der Waals surface area contributed by atoms with E-state index in [9.17, 15) is 9.59 Å². The molecule has 1 N–H and O–H groups in total. The number of aromatic nitrogens is 3. The predicted molar refractivity (Wildman–Crippen MR) is 181 cm³/mol. The molecular weight excluding hydrogens is 609 g/mol. The van der Waals surface area contributed by atoms with E-state index in [1.54, 1.807) is 17.7 Å². The van der Waals surface area contributed by atoms with Crippen molar-refractivity contribution in [3.63, 3.8) is 0 Å². The van der Waals surface area contributed by atoms with Gasteiger partial charge in [-0.1, -0.05) is 39.1 Å². The van der Waals surface area contributed by atoms with Crippen LogP contribution in [0, 0.1) is 11.3 Å². The Morgan fingerprint density at radius 2 is 1.73 bits per heavy atom. The zero-order valence-corrected chi connectivity index (χ0v) is 31.3. The van der Waals surface area contributed by atoms with Crippen LogP contribution in [0.5, 0.6) is 5.75 Å². The molecule has 1 aromatic carbocycles. The number of hydrogen-bond acceptors (Lipinski definition) is 9. The Morgan fingerprint density at radius 1 is 1.04 bits per heavy atom. The van der Waals surface area contributed by atoms with Crippen LogP contribution in [0.15, 0.2) is 36.5 Å². The quantitative estimate of drug-likeness (QED) is 0.136. The molecule has 0 aliphatic rings. The summed E-state index contributed by atoms with van der Waals surface area (Å²) in [6, 6.07) is 9.39. The van der Waals surface area contributed by atoms with E-state index in [0.717, 1.165) is 5.56 Å². The van der Waals surface area contributed by atoms with E-state index in [-0.39, 0.29) is 25.2 Å². The Labute approximate surface area is 271 Å². The lowest BCUT2D eigenvalue weighted by atomic mass is 9.78. The molecule has 3 aromatic rings. The second-order valence-corrected chi connectivity index (χ2v) is 14.5. The molecule has 13 heteroatoms. The highest BCUT2D eigenvalue weighted by molar-refractivity contribution is 6.26. The zero-order chi connectivity index (χ0) is 33.4. The Hall–Kier alpha value is -3.27. The summed E-state index contributed by atoms with van der Waals surface area (Å²) in [7, 11) is -1.50. The molecule has 1 amide bonds. The summed E-state index contributed by atoms with van der Waals surface area (Å²) in [6.45, 7) is 20.5. The first-order chi connectivity index (χ1) is 21.2. The third-order valence-corrected chi connectivity index (χ3v) is 8.58. The van der Waals surface area contributed by atoms with Gasteiger partial charge in [-0.3, -0.25) is 4.68 Å². The fourth-order valence-corrected chi connectivity index (χ4v) is 6.63. The normalized spacial score (nSPS) is 14.0. The van der Waals surface area contributed by atoms with Gasteiger partial charge in [-0.15, -0.1) is 0 Å². The van der Waals surface area contributed by atoms with Crippen molar-refractivity contribution >= 4 is 42.6 Å². The van der Waals surface area contributed by atoms with Crippen molar-refractivity contribution < 1.29 is 32.7 Å². The van der Waals surface area contributed by atoms with Crippen molar-refractivity contribution in [1.82, 2.24) is 20.1 Å². The molecule has 0 fully saturated rings. The van der Waals surface area contributed by atoms with Crippen LogP contribution in [-0.4, -0.2) is 78.0 Å². The maximum Gasteiger partial charge on any atom is 0.407 e. The molecule has 0 saturated heterocycles. The summed E-state index contributed by atoms with van der Waals surface area (Å²) in [4.78, 5) is 30.3. The summed E-state index contributed by atoms with van der Waals surface area (Å²) in [5.74, 6) is 0.0179. The lowest BCUT2D eigenvalue weighted by Gasteiger charge is -2.40. The molecule has 2 aromatic heterocycles. The topological polar surface area (TPSA) is 123 Å². The smallest absolute Gasteiger partial charge is 0.407 e. The molecule has 1 atom stereocenters. The van der Waals surface area contributed by atoms with Gasteiger partial charge in [-0.2, -0.15) is 5.10 Å². The summed E-state index contributed by atoms with van der Waals surface area (Å²) in [5, 5.41) is 8.18. The van der Waals surface area contributed by atoms with Gasteiger partial charge in [-0.05, 0) is 59.7 Å². The van der Waals surface area contributed by atoms with Crippen molar-refractivity contribution in [3.8, 4) is 17.0 Å². The summed E-state index contributed by atoms with van der Waals surface area (Å²) in [5.41, 5.74) is 1.14. The molecule has 45 heavy (non-hydrogen) atoms. The molecule has 0 radical (unpaired) electrons. The summed E-state index contributed by atoms with van der Waals surface area (Å²) in [6.07, 6.45) is 0.949. The number of fused-ring (bicyclic) bond motifs is 1. The van der Waals surface area contributed by atoms with Gasteiger partial charge in [0.1, 0.15) is 17.6 Å². The molecular formula is C32H50N4O7Si2. The second-order valence-electron chi connectivity index (χ2n) is 12.7.